The summed E-state index contributed by atoms with van der Waals surface area (Å²) in [5.41, 5.74) is 5.80. The van der Waals surface area contributed by atoms with Gasteiger partial charge in [0.25, 0.3) is 0 Å². The topological polar surface area (TPSA) is 152 Å². The minimum absolute atomic E-state index is 0.261. The largest absolute Gasteiger partial charge is 0.494 e. The van der Waals surface area contributed by atoms with Crippen molar-refractivity contribution in [1.29, 1.82) is 0 Å². The second-order valence-electron chi connectivity index (χ2n) is 17.0. The predicted molar refractivity (Wildman–Crippen MR) is 251 cm³/mol. The van der Waals surface area contributed by atoms with Crippen LogP contribution in [-0.2, 0) is 25.5 Å². The summed E-state index contributed by atoms with van der Waals surface area (Å²) in [7, 11) is -0.886. The number of nitrogens with zero attached hydrogens (tertiary/aromatic N) is 6. The summed E-state index contributed by atoms with van der Waals surface area (Å²) in [5, 5.41) is 10.0. The van der Waals surface area contributed by atoms with Crippen LogP contribution < -0.4 is 30.9 Å². The number of benzene rings is 3. The Balaban J connectivity index is 0.782. The van der Waals surface area contributed by atoms with Crippen LogP contribution in [0.25, 0.3) is 11.8 Å². The Bertz CT molecular complexity index is 2470. The van der Waals surface area contributed by atoms with Crippen molar-refractivity contribution in [2.24, 2.45) is 0 Å². The Kier molecular flexibility index (Phi) is 13.7. The highest BCUT2D eigenvalue weighted by Crippen LogP contribution is 2.40. The number of imide groups is 1. The van der Waals surface area contributed by atoms with E-state index >= 15 is 0 Å². The number of para-hydroxylation sites is 1. The average Bonchev–Trinajstić information content (AvgIpc) is 3.66. The van der Waals surface area contributed by atoms with E-state index in [1.165, 1.54) is 6.20 Å². The molecule has 0 radical (unpaired) electrons. The number of methoxy groups -OCH3 is 1. The Morgan fingerprint density at radius 3 is 2.51 bits per heavy atom. The Hall–Kier alpha value is -5.49. The summed E-state index contributed by atoms with van der Waals surface area (Å²) in [6, 6.07) is 19.5. The number of rotatable bonds is 14. The smallest absolute Gasteiger partial charge is 0.249 e. The van der Waals surface area contributed by atoms with Crippen molar-refractivity contribution < 1.29 is 23.7 Å². The molecule has 2 amide bonds. The number of piperidine rings is 2. The number of carbonyl (C=O) groups excluding carboxylic acids is 3. The van der Waals surface area contributed by atoms with Gasteiger partial charge in [-0.1, -0.05) is 54.1 Å². The molecule has 1 atom stereocenters. The van der Waals surface area contributed by atoms with Crippen molar-refractivity contribution in [2.75, 3.05) is 81.8 Å². The van der Waals surface area contributed by atoms with E-state index in [9.17, 15) is 18.9 Å². The van der Waals surface area contributed by atoms with Gasteiger partial charge in [-0.2, -0.15) is 4.98 Å². The molecule has 0 saturated carbocycles. The molecular formula is C47H55ClN9O5P. The fraction of sp³-hybridized carbons (Fsp3) is 0.404. The van der Waals surface area contributed by atoms with Gasteiger partial charge in [0.05, 0.1) is 24.7 Å². The minimum atomic E-state index is -2.55. The van der Waals surface area contributed by atoms with E-state index in [2.05, 4.69) is 76.9 Å². The molecular weight excluding hydrogens is 837 g/mol. The molecule has 3 fully saturated rings. The van der Waals surface area contributed by atoms with Crippen LogP contribution in [0.4, 0.5) is 28.8 Å². The molecule has 8 rings (SSSR count). The molecule has 4 aromatic rings. The van der Waals surface area contributed by atoms with Crippen LogP contribution in [0.3, 0.4) is 0 Å². The van der Waals surface area contributed by atoms with Gasteiger partial charge >= 0.3 is 0 Å². The highest BCUT2D eigenvalue weighted by Gasteiger charge is 2.38. The third-order valence-corrected chi connectivity index (χ3v) is 14.4. The summed E-state index contributed by atoms with van der Waals surface area (Å²) in [4.78, 5) is 54.9. The Labute approximate surface area is 374 Å². The van der Waals surface area contributed by atoms with E-state index in [0.29, 0.717) is 52.9 Å². The highest BCUT2D eigenvalue weighted by atomic mass is 35.5. The third kappa shape index (κ3) is 10.2. The number of ether oxygens (including phenoxy) is 1. The standard InChI is InChI=1S/C47H55ClN9O5P/c1-62-42-28-34(15-16-38(42)51-47-49-29-37(48)45(53-47)50-39-13-6-7-14-43(39)63(2,3)61)55-22-19-33(20-23-55)56-26-24-54(25-27-56)21-8-4-5-10-32-11-9-12-35-36(32)30-57(41(35)31-58)40-17-18-44(59)52-46(40)60/h5-7,9-16,28-29,33,40H,4,8,17-27,30H2,1-3H3,(H,52,59,60)(H2,49,50,51,53)/b10-5+. The summed E-state index contributed by atoms with van der Waals surface area (Å²) >= 11 is 6.49. The fourth-order valence-corrected chi connectivity index (χ4v) is 10.5. The van der Waals surface area contributed by atoms with Gasteiger partial charge in [-0.3, -0.25) is 19.8 Å². The minimum Gasteiger partial charge on any atom is -0.494 e. The lowest BCUT2D eigenvalue weighted by Gasteiger charge is -2.43. The first-order chi connectivity index (χ1) is 30.5. The van der Waals surface area contributed by atoms with Gasteiger partial charge in [-0.25, -0.2) is 9.78 Å². The maximum Gasteiger partial charge on any atom is 0.249 e. The number of hydrogen-bond donors (Lipinski definition) is 3. The zero-order chi connectivity index (χ0) is 44.1. The average molecular weight is 892 g/mol. The number of aromatic nitrogens is 2. The molecule has 330 valence electrons. The van der Waals surface area contributed by atoms with Crippen molar-refractivity contribution in [1.82, 2.24) is 30.0 Å². The normalized spacial score (nSPS) is 19.0. The second-order valence-corrected chi connectivity index (χ2v) is 20.5. The Morgan fingerprint density at radius 2 is 1.76 bits per heavy atom. The molecule has 1 unspecified atom stereocenters. The third-order valence-electron chi connectivity index (χ3n) is 12.6. The summed E-state index contributed by atoms with van der Waals surface area (Å²) < 4.78 is 18.7. The van der Waals surface area contributed by atoms with Crippen LogP contribution in [-0.4, -0.2) is 121 Å². The van der Waals surface area contributed by atoms with Crippen molar-refractivity contribution in [3.63, 3.8) is 0 Å². The zero-order valence-electron chi connectivity index (χ0n) is 36.1. The lowest BCUT2D eigenvalue weighted by Crippen LogP contribution is -2.53. The zero-order valence-corrected chi connectivity index (χ0v) is 37.8. The number of nitrogens with one attached hydrogen (secondary N) is 3. The number of carbonyl (C=O) groups is 2. The van der Waals surface area contributed by atoms with E-state index in [1.54, 1.807) is 25.3 Å². The van der Waals surface area contributed by atoms with E-state index in [-0.39, 0.29) is 18.2 Å². The highest BCUT2D eigenvalue weighted by molar-refractivity contribution is 7.70. The van der Waals surface area contributed by atoms with Crippen molar-refractivity contribution in [3.8, 4) is 5.75 Å². The van der Waals surface area contributed by atoms with Crippen LogP contribution in [0.1, 0.15) is 55.2 Å². The van der Waals surface area contributed by atoms with Crippen LogP contribution in [0.15, 0.2) is 72.9 Å². The molecule has 0 bridgehead atoms. The van der Waals surface area contributed by atoms with E-state index < -0.39 is 13.2 Å². The molecule has 0 spiro atoms. The molecule has 1 aromatic heterocycles. The van der Waals surface area contributed by atoms with Crippen molar-refractivity contribution in [2.45, 2.75) is 57.2 Å². The van der Waals surface area contributed by atoms with Crippen molar-refractivity contribution >= 4 is 82.4 Å². The molecule has 16 heteroatoms. The SMILES string of the molecule is COc1cc(N2CCC(N3CCN(CCC/C=C/c4cccc5c4CN(C4CCC(=O)NC4=O)C5=C=O)CC3)CC2)ccc1Nc1ncc(Cl)c(Nc2ccccc2P(C)(C)=O)n1. The van der Waals surface area contributed by atoms with Gasteiger partial charge in [0, 0.05) is 80.9 Å². The molecule has 5 heterocycles. The summed E-state index contributed by atoms with van der Waals surface area (Å²) in [5.74, 6) is 2.88. The summed E-state index contributed by atoms with van der Waals surface area (Å²) in [6.07, 6.45) is 10.8. The van der Waals surface area contributed by atoms with Gasteiger partial charge in [-0.15, -0.1) is 0 Å². The van der Waals surface area contributed by atoms with E-state index in [0.717, 1.165) is 105 Å². The van der Waals surface area contributed by atoms with Gasteiger partial charge < -0.3 is 34.6 Å². The maximum atomic E-state index is 12.9. The number of halogens is 1. The van der Waals surface area contributed by atoms with Gasteiger partial charge in [0.2, 0.25) is 17.8 Å². The first kappa shape index (κ1) is 44.1. The fourth-order valence-electron chi connectivity index (χ4n) is 9.20. The van der Waals surface area contributed by atoms with E-state index in [1.807, 2.05) is 42.5 Å². The van der Waals surface area contributed by atoms with Gasteiger partial charge in [0.1, 0.15) is 29.7 Å². The first-order valence-electron chi connectivity index (χ1n) is 21.7. The Morgan fingerprint density at radius 1 is 0.968 bits per heavy atom. The number of amides is 2. The van der Waals surface area contributed by atoms with Crippen LogP contribution in [0, 0.1) is 0 Å². The molecule has 3 saturated heterocycles. The molecule has 0 aliphatic carbocycles. The van der Waals surface area contributed by atoms with Crippen molar-refractivity contribution in [3.05, 3.63) is 94.6 Å². The number of piperazine rings is 1. The van der Waals surface area contributed by atoms with Crippen LogP contribution >= 0.6 is 18.7 Å². The van der Waals surface area contributed by atoms with Gasteiger partial charge in [-0.05, 0) is 87.4 Å². The maximum absolute atomic E-state index is 12.9. The number of anilines is 5. The molecule has 3 aromatic carbocycles. The quantitative estimate of drug-likeness (QED) is 0.0531. The number of fused-ring (bicyclic) bond motifs is 1. The second kappa shape index (κ2) is 19.5. The lowest BCUT2D eigenvalue weighted by atomic mass is 10.0. The monoisotopic (exact) mass is 891 g/mol. The predicted octanol–water partition coefficient (Wildman–Crippen LogP) is 6.75. The van der Waals surface area contributed by atoms with E-state index in [4.69, 9.17) is 16.3 Å². The molecule has 4 aliphatic heterocycles. The molecule has 4 aliphatic rings. The number of hydrogen-bond acceptors (Lipinski definition) is 13. The van der Waals surface area contributed by atoms with Gasteiger partial charge in [0.15, 0.2) is 11.8 Å². The lowest BCUT2D eigenvalue weighted by molar-refractivity contribution is -0.136. The number of unbranched alkanes of at least 4 members (excludes halogenated alkanes) is 1. The van der Waals surface area contributed by atoms with Crippen LogP contribution in [0.5, 0.6) is 5.75 Å². The summed E-state index contributed by atoms with van der Waals surface area (Å²) in [6.45, 7) is 11.2. The molecule has 3 N–H and O–H groups in total. The number of allylic oxidation sites excluding steroid dienone is 1. The molecule has 14 nitrogen and oxygen atoms in total. The first-order valence-corrected chi connectivity index (χ1v) is 24.7. The van der Waals surface area contributed by atoms with Crippen LogP contribution in [0.2, 0.25) is 5.02 Å². The molecule has 63 heavy (non-hydrogen) atoms.